The van der Waals surface area contributed by atoms with Crippen LogP contribution >= 0.6 is 27.5 Å². The van der Waals surface area contributed by atoms with Crippen molar-refractivity contribution in [1.29, 1.82) is 0 Å². The van der Waals surface area contributed by atoms with Gasteiger partial charge in [0.15, 0.2) is 22.1 Å². The minimum absolute atomic E-state index is 0. The van der Waals surface area contributed by atoms with E-state index in [1.165, 1.54) is 0 Å². The fourth-order valence-electron chi connectivity index (χ4n) is 7.41. The molecule has 0 radical (unpaired) electrons. The molecule has 16 nitrogen and oxygen atoms in total. The largest absolute Gasteiger partial charge is 0.365 e. The number of aromatic amines is 1. The Balaban J connectivity index is 0.000000338. The molecule has 9 rings (SSSR count). The molecule has 0 saturated carbocycles. The third-order valence-electron chi connectivity index (χ3n) is 10.4. The molecule has 2 aromatic carbocycles. The number of piperazine rings is 1. The van der Waals surface area contributed by atoms with Gasteiger partial charge >= 0.3 is 0 Å². The summed E-state index contributed by atoms with van der Waals surface area (Å²) >= 11 is 8.35. The Kier molecular flexibility index (Phi) is 16.1. The van der Waals surface area contributed by atoms with E-state index < -0.39 is 5.82 Å². The summed E-state index contributed by atoms with van der Waals surface area (Å²) in [5.74, 6) is -0.208. The topological polar surface area (TPSA) is 191 Å². The highest BCUT2D eigenvalue weighted by Gasteiger charge is 2.45. The number of hydrogen-bond donors (Lipinski definition) is 3. The normalized spacial score (nSPS) is 17.5. The first-order valence-corrected chi connectivity index (χ1v) is 20.4. The molecular formula is C43H50BrClFN13O3. The first-order valence-electron chi connectivity index (χ1n) is 19.2. The van der Waals surface area contributed by atoms with Crippen LogP contribution in [0.1, 0.15) is 49.3 Å². The summed E-state index contributed by atoms with van der Waals surface area (Å²) < 4.78 is 12.5. The van der Waals surface area contributed by atoms with Crippen LogP contribution in [-0.4, -0.2) is 119 Å². The molecule has 4 aromatic heterocycles. The molecule has 0 unspecified atom stereocenters. The lowest BCUT2D eigenvalue weighted by molar-refractivity contribution is -0.133. The van der Waals surface area contributed by atoms with E-state index in [1.54, 1.807) is 37.6 Å². The fraction of sp³-hybridized carbons (Fsp3) is 0.349. The molecule has 6 aromatic rings. The maximum Gasteiger partial charge on any atom is 0.272 e. The van der Waals surface area contributed by atoms with Crippen LogP contribution in [0.2, 0.25) is 5.28 Å². The number of anilines is 2. The van der Waals surface area contributed by atoms with Gasteiger partial charge in [-0.15, -0.1) is 0 Å². The minimum atomic E-state index is -0.477. The van der Waals surface area contributed by atoms with Crippen molar-refractivity contribution in [1.82, 2.24) is 55.2 Å². The molecule has 3 N–H and O–H groups in total. The van der Waals surface area contributed by atoms with E-state index in [9.17, 15) is 18.8 Å². The van der Waals surface area contributed by atoms with E-state index in [-0.39, 0.29) is 55.5 Å². The maximum absolute atomic E-state index is 13.3. The van der Waals surface area contributed by atoms with Gasteiger partial charge < -0.3 is 20.4 Å². The lowest BCUT2D eigenvalue weighted by atomic mass is 10.1. The molecule has 3 amide bonds. The lowest BCUT2D eigenvalue weighted by Gasteiger charge is -2.36. The third-order valence-corrected chi connectivity index (χ3v) is 11.0. The number of aryl methyl sites for hydroxylation is 2. The molecular weight excluding hydrogens is 881 g/mol. The fourth-order valence-corrected chi connectivity index (χ4v) is 7.71. The number of rotatable bonds is 7. The van der Waals surface area contributed by atoms with Gasteiger partial charge in [0.25, 0.3) is 5.91 Å². The van der Waals surface area contributed by atoms with Gasteiger partial charge in [-0.25, -0.2) is 34.3 Å². The number of H-pyrrole nitrogens is 1. The third kappa shape index (κ3) is 11.5. The Morgan fingerprint density at radius 2 is 1.53 bits per heavy atom. The molecule has 3 saturated heterocycles. The SMILES string of the molecule is C.C.CNC(=O)c1n[nH]c2ccc(NC(=O)[C@@H]3CCN(CC(=O)N4C[C@@H]5C[C@H]4CN5c4ccc(-c5ncc(C)cn5)cc4)C3)cc12.Cc1cnc(Br)nc1.Fc1cnc(Cl)nc1. The summed E-state index contributed by atoms with van der Waals surface area (Å²) in [6, 6.07) is 14.2. The lowest BCUT2D eigenvalue weighted by Crippen LogP contribution is -2.51. The number of nitrogens with one attached hydrogen (secondary N) is 3. The van der Waals surface area contributed by atoms with Crippen LogP contribution in [0.4, 0.5) is 15.8 Å². The highest BCUT2D eigenvalue weighted by molar-refractivity contribution is 9.10. The van der Waals surface area contributed by atoms with E-state index in [0.717, 1.165) is 65.6 Å². The average molecular weight is 931 g/mol. The number of hydrogen-bond acceptors (Lipinski definition) is 12. The first-order chi connectivity index (χ1) is 28.9. The zero-order chi connectivity index (χ0) is 42.3. The second-order valence-electron chi connectivity index (χ2n) is 14.7. The Morgan fingerprint density at radius 1 is 0.871 bits per heavy atom. The van der Waals surface area contributed by atoms with Crippen LogP contribution in [0.3, 0.4) is 0 Å². The van der Waals surface area contributed by atoms with Crippen molar-refractivity contribution >= 4 is 67.5 Å². The van der Waals surface area contributed by atoms with Crippen molar-refractivity contribution in [3.63, 3.8) is 0 Å². The van der Waals surface area contributed by atoms with Gasteiger partial charge in [-0.05, 0) is 114 Å². The van der Waals surface area contributed by atoms with E-state index >= 15 is 0 Å². The summed E-state index contributed by atoms with van der Waals surface area (Å²) in [5.41, 5.74) is 5.87. The van der Waals surface area contributed by atoms with Gasteiger partial charge in [0.05, 0.1) is 36.4 Å². The maximum atomic E-state index is 13.3. The standard InChI is InChI=1S/C32H35N9O3.C5H5BrN2.C4H2ClFN2.2CH4/c1-19-13-34-30(35-14-19)20-3-6-23(7-4-20)40-16-25-12-24(40)17-41(25)28(42)18-39-10-9-21(15-39)31(43)36-22-5-8-27-26(11-22)29(38-37-27)32(44)33-2;1-4-2-7-5(6)8-3-4;5-4-7-1-3(6)2-8-4;;/h3-8,11,13-14,21,24-25H,9-10,12,15-18H2,1-2H3,(H,33,44)(H,36,43)(H,37,38);2-3H,1H3;1-2H;2*1H4/t21-,24+,25+;;;;/m1..../s1. The monoisotopic (exact) mass is 929 g/mol. The number of halogens is 3. The van der Waals surface area contributed by atoms with Crippen LogP contribution in [0.15, 0.2) is 84.4 Å². The van der Waals surface area contributed by atoms with Crippen molar-refractivity contribution < 1.29 is 18.8 Å². The van der Waals surface area contributed by atoms with Gasteiger partial charge in [-0.2, -0.15) is 5.10 Å². The summed E-state index contributed by atoms with van der Waals surface area (Å²) in [4.78, 5) is 68.4. The van der Waals surface area contributed by atoms with Crippen LogP contribution in [0.5, 0.6) is 0 Å². The number of likely N-dealkylation sites (tertiary alicyclic amines) is 2. The molecule has 7 heterocycles. The molecule has 3 aliphatic heterocycles. The zero-order valence-electron chi connectivity index (χ0n) is 33.0. The van der Waals surface area contributed by atoms with E-state index in [1.807, 2.05) is 31.1 Å². The zero-order valence-corrected chi connectivity index (χ0v) is 35.4. The van der Waals surface area contributed by atoms with Crippen LogP contribution in [-0.2, 0) is 9.59 Å². The van der Waals surface area contributed by atoms with Gasteiger partial charge in [0.2, 0.25) is 17.1 Å². The number of fused-ring (bicyclic) bond motifs is 3. The Morgan fingerprint density at radius 3 is 2.13 bits per heavy atom. The molecule has 62 heavy (non-hydrogen) atoms. The van der Waals surface area contributed by atoms with Crippen LogP contribution in [0, 0.1) is 25.6 Å². The molecule has 3 atom stereocenters. The number of aromatic nitrogens is 8. The Bertz CT molecular complexity index is 2360. The first kappa shape index (κ1) is 47.1. The predicted molar refractivity (Wildman–Crippen MR) is 241 cm³/mol. The van der Waals surface area contributed by atoms with E-state index in [0.29, 0.717) is 47.9 Å². The van der Waals surface area contributed by atoms with Gasteiger partial charge in [-0.1, -0.05) is 14.9 Å². The average Bonchev–Trinajstić information content (AvgIpc) is 4.08. The van der Waals surface area contributed by atoms with Gasteiger partial charge in [0.1, 0.15) is 0 Å². The van der Waals surface area contributed by atoms with Crippen molar-refractivity contribution in [2.75, 3.05) is 50.0 Å². The molecule has 0 aliphatic carbocycles. The number of carbonyl (C=O) groups is 3. The Hall–Kier alpha value is -5.98. The molecule has 19 heteroatoms. The van der Waals surface area contributed by atoms with E-state index in [4.69, 9.17) is 11.6 Å². The van der Waals surface area contributed by atoms with Crippen molar-refractivity contribution in [2.24, 2.45) is 5.92 Å². The van der Waals surface area contributed by atoms with Crippen molar-refractivity contribution in [3.05, 3.63) is 112 Å². The van der Waals surface area contributed by atoms with E-state index in [2.05, 4.69) is 101 Å². The molecule has 3 fully saturated rings. The number of benzene rings is 2. The quantitative estimate of drug-likeness (QED) is 0.147. The van der Waals surface area contributed by atoms with Crippen LogP contribution < -0.4 is 15.5 Å². The highest BCUT2D eigenvalue weighted by atomic mass is 79.9. The summed E-state index contributed by atoms with van der Waals surface area (Å²) in [5, 5.41) is 13.2. The summed E-state index contributed by atoms with van der Waals surface area (Å²) in [6.45, 7) is 7.05. The van der Waals surface area contributed by atoms with Crippen molar-refractivity contribution in [3.8, 4) is 11.4 Å². The second-order valence-corrected chi connectivity index (χ2v) is 15.7. The number of nitrogens with zero attached hydrogens (tertiary/aromatic N) is 10. The predicted octanol–water partition coefficient (Wildman–Crippen LogP) is 6.53. The smallest absolute Gasteiger partial charge is 0.272 e. The minimum Gasteiger partial charge on any atom is -0.365 e. The van der Waals surface area contributed by atoms with Gasteiger partial charge in [0, 0.05) is 79.8 Å². The second kappa shape index (κ2) is 21.2. The van der Waals surface area contributed by atoms with Gasteiger partial charge in [-0.3, -0.25) is 24.4 Å². The molecule has 0 spiro atoms. The molecule has 326 valence electrons. The summed E-state index contributed by atoms with van der Waals surface area (Å²) in [7, 11) is 1.55. The molecule has 3 aliphatic rings. The number of amides is 3. The van der Waals surface area contributed by atoms with Crippen LogP contribution in [0.25, 0.3) is 22.3 Å². The molecule has 2 bridgehead atoms. The Labute approximate surface area is 373 Å². The van der Waals surface area contributed by atoms with Crippen molar-refractivity contribution in [2.45, 2.75) is 53.6 Å². The number of carbonyl (C=O) groups excluding carboxylic acids is 3. The highest BCUT2D eigenvalue weighted by Crippen LogP contribution is 2.35. The summed E-state index contributed by atoms with van der Waals surface area (Å²) in [6.07, 6.45) is 10.9.